The smallest absolute Gasteiger partial charge is 0.410 e. The third-order valence-corrected chi connectivity index (χ3v) is 9.54. The highest BCUT2D eigenvalue weighted by Crippen LogP contribution is 2.37. The SMILES string of the molecule is Cc1nn(C2CCN(C(=O)OC(C)(C)C)CC2)c(C)c1-c1cc(N2CCOC[C@H]2C)nc2c(-c3ccnn3C3CCCCO3)cnn12. The lowest BCUT2D eigenvalue weighted by Crippen LogP contribution is -2.44. The third kappa shape index (κ3) is 6.11. The molecule has 0 bridgehead atoms. The highest BCUT2D eigenvalue weighted by atomic mass is 16.6. The van der Waals surface area contributed by atoms with E-state index in [0.717, 1.165) is 90.6 Å². The number of likely N-dealkylation sites (tertiary alicyclic amines) is 1. The van der Waals surface area contributed by atoms with Crippen LogP contribution in [0.3, 0.4) is 0 Å². The summed E-state index contributed by atoms with van der Waals surface area (Å²) in [5, 5.41) is 14.7. The molecule has 0 spiro atoms. The molecule has 3 fully saturated rings. The minimum absolute atomic E-state index is 0.102. The number of fused-ring (bicyclic) bond motifs is 1. The minimum Gasteiger partial charge on any atom is -0.444 e. The van der Waals surface area contributed by atoms with Crippen LogP contribution >= 0.6 is 0 Å². The maximum absolute atomic E-state index is 12.7. The van der Waals surface area contributed by atoms with E-state index >= 15 is 0 Å². The van der Waals surface area contributed by atoms with Crippen molar-refractivity contribution in [1.82, 2.24) is 39.1 Å². The molecule has 3 aliphatic heterocycles. The summed E-state index contributed by atoms with van der Waals surface area (Å²) in [5.74, 6) is 0.891. The fraction of sp³-hybridized carbons (Fsp3) is 0.618. The summed E-state index contributed by atoms with van der Waals surface area (Å²) in [6.45, 7) is 16.2. The summed E-state index contributed by atoms with van der Waals surface area (Å²) in [4.78, 5) is 22.1. The number of morpholine rings is 1. The van der Waals surface area contributed by atoms with Gasteiger partial charge in [0.1, 0.15) is 11.4 Å². The molecule has 3 aliphatic rings. The van der Waals surface area contributed by atoms with Crippen LogP contribution in [-0.4, -0.2) is 96.2 Å². The molecule has 0 saturated carbocycles. The average Bonchev–Trinajstić information content (AvgIpc) is 3.77. The molecule has 1 amide bonds. The summed E-state index contributed by atoms with van der Waals surface area (Å²) in [6, 6.07) is 4.53. The van der Waals surface area contributed by atoms with Crippen molar-refractivity contribution in [2.45, 2.75) is 97.6 Å². The van der Waals surface area contributed by atoms with E-state index in [9.17, 15) is 4.79 Å². The van der Waals surface area contributed by atoms with Gasteiger partial charge in [-0.2, -0.15) is 15.3 Å². The van der Waals surface area contributed by atoms with Gasteiger partial charge in [-0.3, -0.25) is 4.68 Å². The molecule has 13 heteroatoms. The first-order valence-electron chi connectivity index (χ1n) is 17.0. The lowest BCUT2D eigenvalue weighted by molar-refractivity contribution is -0.0383. The molecule has 7 heterocycles. The first kappa shape index (κ1) is 31.6. The predicted molar refractivity (Wildman–Crippen MR) is 177 cm³/mol. The fourth-order valence-corrected chi connectivity index (χ4v) is 7.21. The van der Waals surface area contributed by atoms with E-state index in [4.69, 9.17) is 29.4 Å². The van der Waals surface area contributed by atoms with Crippen molar-refractivity contribution in [3.05, 3.63) is 35.9 Å². The molecular weight excluding hydrogens is 598 g/mol. The van der Waals surface area contributed by atoms with E-state index in [-0.39, 0.29) is 24.4 Å². The normalized spacial score (nSPS) is 21.5. The number of carbonyl (C=O) groups excluding carboxylic acids is 1. The molecule has 4 aromatic heterocycles. The zero-order chi connectivity index (χ0) is 32.9. The van der Waals surface area contributed by atoms with Crippen molar-refractivity contribution in [2.75, 3.05) is 44.4 Å². The molecule has 1 unspecified atom stereocenters. The first-order chi connectivity index (χ1) is 22.6. The molecular formula is C34H47N9O4. The van der Waals surface area contributed by atoms with Gasteiger partial charge in [0.2, 0.25) is 0 Å². The number of rotatable bonds is 5. The van der Waals surface area contributed by atoms with Crippen molar-refractivity contribution < 1.29 is 19.0 Å². The van der Waals surface area contributed by atoms with E-state index < -0.39 is 5.60 Å². The molecule has 13 nitrogen and oxygen atoms in total. The van der Waals surface area contributed by atoms with Gasteiger partial charge < -0.3 is 24.0 Å². The van der Waals surface area contributed by atoms with Crippen molar-refractivity contribution in [3.8, 4) is 22.5 Å². The number of amides is 1. The van der Waals surface area contributed by atoms with Crippen LogP contribution in [0.15, 0.2) is 24.5 Å². The zero-order valence-electron chi connectivity index (χ0n) is 28.5. The number of hydrogen-bond acceptors (Lipinski definition) is 9. The van der Waals surface area contributed by atoms with Crippen LogP contribution in [0.5, 0.6) is 0 Å². The summed E-state index contributed by atoms with van der Waals surface area (Å²) in [7, 11) is 0. The maximum atomic E-state index is 12.7. The summed E-state index contributed by atoms with van der Waals surface area (Å²) in [6.07, 6.45) is 8.11. The van der Waals surface area contributed by atoms with Gasteiger partial charge in [-0.1, -0.05) is 0 Å². The Morgan fingerprint density at radius 1 is 1.00 bits per heavy atom. The Morgan fingerprint density at radius 2 is 1.81 bits per heavy atom. The number of aryl methyl sites for hydroxylation is 1. The number of carbonyl (C=O) groups is 1. The van der Waals surface area contributed by atoms with Gasteiger partial charge in [0.05, 0.1) is 54.1 Å². The minimum atomic E-state index is -0.512. The lowest BCUT2D eigenvalue weighted by atomic mass is 10.0. The van der Waals surface area contributed by atoms with E-state index in [2.05, 4.69) is 41.5 Å². The van der Waals surface area contributed by atoms with E-state index in [1.54, 1.807) is 0 Å². The number of hydrogen-bond donors (Lipinski definition) is 0. The quantitative estimate of drug-likeness (QED) is 0.275. The fourth-order valence-electron chi connectivity index (χ4n) is 7.21. The second-order valence-electron chi connectivity index (χ2n) is 14.1. The average molecular weight is 646 g/mol. The van der Waals surface area contributed by atoms with Crippen molar-refractivity contribution >= 4 is 17.6 Å². The van der Waals surface area contributed by atoms with Gasteiger partial charge in [0, 0.05) is 49.8 Å². The molecule has 3 saturated heterocycles. The summed E-state index contributed by atoms with van der Waals surface area (Å²) < 4.78 is 23.6. The Morgan fingerprint density at radius 3 is 2.53 bits per heavy atom. The predicted octanol–water partition coefficient (Wildman–Crippen LogP) is 5.57. The monoisotopic (exact) mass is 645 g/mol. The molecule has 7 rings (SSSR count). The zero-order valence-corrected chi connectivity index (χ0v) is 28.5. The number of aromatic nitrogens is 7. The van der Waals surface area contributed by atoms with Crippen LogP contribution in [0.25, 0.3) is 28.2 Å². The van der Waals surface area contributed by atoms with E-state index in [1.807, 2.05) is 53.3 Å². The number of nitrogens with zero attached hydrogens (tertiary/aromatic N) is 9. The molecule has 2 atom stereocenters. The Balaban J connectivity index is 1.27. The van der Waals surface area contributed by atoms with Crippen LogP contribution in [0.4, 0.5) is 10.6 Å². The number of anilines is 1. The molecule has 252 valence electrons. The second kappa shape index (κ2) is 12.6. The van der Waals surface area contributed by atoms with Crippen LogP contribution in [-0.2, 0) is 14.2 Å². The van der Waals surface area contributed by atoms with E-state index in [0.29, 0.717) is 26.3 Å². The number of piperidine rings is 1. The maximum Gasteiger partial charge on any atom is 0.410 e. The van der Waals surface area contributed by atoms with Crippen LogP contribution < -0.4 is 4.90 Å². The molecule has 47 heavy (non-hydrogen) atoms. The molecule has 0 aliphatic carbocycles. The highest BCUT2D eigenvalue weighted by molar-refractivity contribution is 5.80. The van der Waals surface area contributed by atoms with Crippen molar-refractivity contribution in [3.63, 3.8) is 0 Å². The Bertz CT molecular complexity index is 1740. The Hall–Kier alpha value is -3.97. The summed E-state index contributed by atoms with van der Waals surface area (Å²) >= 11 is 0. The largest absolute Gasteiger partial charge is 0.444 e. The first-order valence-corrected chi connectivity index (χ1v) is 17.0. The van der Waals surface area contributed by atoms with Gasteiger partial charge in [0.25, 0.3) is 0 Å². The van der Waals surface area contributed by atoms with Crippen LogP contribution in [0, 0.1) is 13.8 Å². The second-order valence-corrected chi connectivity index (χ2v) is 14.1. The number of ether oxygens (including phenoxy) is 3. The molecule has 0 radical (unpaired) electrons. The Labute approximate surface area is 275 Å². The van der Waals surface area contributed by atoms with Crippen molar-refractivity contribution in [2.24, 2.45) is 0 Å². The van der Waals surface area contributed by atoms with Gasteiger partial charge in [0.15, 0.2) is 11.9 Å². The van der Waals surface area contributed by atoms with Gasteiger partial charge in [-0.15, -0.1) is 0 Å². The van der Waals surface area contributed by atoms with Crippen LogP contribution in [0.1, 0.15) is 83.5 Å². The van der Waals surface area contributed by atoms with Gasteiger partial charge in [-0.25, -0.2) is 19.0 Å². The molecule has 0 N–H and O–H groups in total. The standard InChI is InChI=1S/C34H47N9O4/c1-22-21-45-18-16-40(22)29-19-28(43-32(37-29)26(20-36-43)27-10-13-35-42(27)30-9-7-8-17-46-30)31-23(2)38-41(24(31)3)25-11-14-39(15-12-25)33(44)47-34(4,5)6/h10,13,19-20,22,25,30H,7-9,11-12,14-18,21H2,1-6H3/t22-,30?/m1/s1. The molecule has 4 aromatic rings. The van der Waals surface area contributed by atoms with Gasteiger partial charge >= 0.3 is 6.09 Å². The third-order valence-electron chi connectivity index (χ3n) is 9.54. The topological polar surface area (TPSA) is 117 Å². The van der Waals surface area contributed by atoms with Crippen LogP contribution in [0.2, 0.25) is 0 Å². The lowest BCUT2D eigenvalue weighted by Gasteiger charge is -2.34. The van der Waals surface area contributed by atoms with Crippen molar-refractivity contribution in [1.29, 1.82) is 0 Å². The highest BCUT2D eigenvalue weighted by Gasteiger charge is 2.31. The van der Waals surface area contributed by atoms with Gasteiger partial charge in [-0.05, 0) is 79.7 Å². The molecule has 0 aromatic carbocycles. The Kier molecular flexibility index (Phi) is 8.46. The van der Waals surface area contributed by atoms with E-state index in [1.165, 1.54) is 0 Å². The summed E-state index contributed by atoms with van der Waals surface area (Å²) in [5.41, 5.74) is 6.12.